The molecule has 0 fully saturated rings. The maximum Gasteiger partial charge on any atom is 0.255 e. The summed E-state index contributed by atoms with van der Waals surface area (Å²) in [6, 6.07) is 1.44. The van der Waals surface area contributed by atoms with Gasteiger partial charge in [0.2, 0.25) is 5.72 Å². The second kappa shape index (κ2) is 9.73. The molecule has 1 aliphatic carbocycles. The number of fused-ring (bicyclic) bond motifs is 1. The second-order valence-electron chi connectivity index (χ2n) is 8.85. The number of hydrogen-bond donors (Lipinski definition) is 7. The van der Waals surface area contributed by atoms with E-state index in [0.717, 1.165) is 0 Å². The fourth-order valence-corrected chi connectivity index (χ4v) is 5.35. The van der Waals surface area contributed by atoms with E-state index in [2.05, 4.69) is 20.6 Å². The first kappa shape index (κ1) is 25.9. The van der Waals surface area contributed by atoms with Gasteiger partial charge in [-0.05, 0) is 19.1 Å². The minimum absolute atomic E-state index is 0.0111. The van der Waals surface area contributed by atoms with E-state index >= 15 is 0 Å². The number of alkyl halides is 1. The molecule has 3 aliphatic heterocycles. The third-order valence-electron chi connectivity index (χ3n) is 6.33. The number of ether oxygens (including phenoxy) is 1. The number of nitrogens with one attached hydrogen (secondary N) is 2. The van der Waals surface area contributed by atoms with E-state index in [4.69, 9.17) is 15.7 Å². The van der Waals surface area contributed by atoms with Crippen molar-refractivity contribution in [1.82, 2.24) is 15.5 Å². The van der Waals surface area contributed by atoms with Crippen molar-refractivity contribution in [3.05, 3.63) is 46.7 Å². The Morgan fingerprint density at radius 1 is 1.53 bits per heavy atom. The molecule has 8 N–H and O–H groups in total. The maximum atomic E-state index is 12.5. The number of aliphatic hydroxyl groups excluding tert-OH is 3. The number of nitrogens with two attached hydrogens (primary N) is 1. The van der Waals surface area contributed by atoms with Crippen LogP contribution in [0.3, 0.4) is 0 Å². The fourth-order valence-electron chi connectivity index (χ4n) is 4.38. The molecular weight excluding hydrogens is 585 g/mol. The van der Waals surface area contributed by atoms with Gasteiger partial charge in [0.05, 0.1) is 29.1 Å². The summed E-state index contributed by atoms with van der Waals surface area (Å²) >= 11 is 2.05. The van der Waals surface area contributed by atoms with E-state index < -0.39 is 41.3 Å². The molecule has 0 aromatic heterocycles. The number of hydrogen-bond acceptors (Lipinski definition) is 12. The third kappa shape index (κ3) is 4.32. The number of amides is 1. The molecule has 0 aromatic carbocycles. The van der Waals surface area contributed by atoms with Gasteiger partial charge in [-0.15, -0.1) is 0 Å². The van der Waals surface area contributed by atoms with E-state index in [0.29, 0.717) is 5.84 Å². The lowest BCUT2D eigenvalue weighted by Crippen LogP contribution is -2.66. The van der Waals surface area contributed by atoms with Crippen molar-refractivity contribution in [2.45, 2.75) is 43.0 Å². The normalized spacial score (nSPS) is 33.9. The van der Waals surface area contributed by atoms with Crippen molar-refractivity contribution in [3.63, 3.8) is 0 Å². The number of aliphatic hydroxyl groups is 4. The lowest BCUT2D eigenvalue weighted by atomic mass is 9.86. The monoisotopic (exact) mass is 611 g/mol. The van der Waals surface area contributed by atoms with Crippen LogP contribution < -0.4 is 16.4 Å². The fraction of sp³-hybridized carbons (Fsp3) is 0.455. The van der Waals surface area contributed by atoms with Crippen molar-refractivity contribution >= 4 is 40.7 Å². The summed E-state index contributed by atoms with van der Waals surface area (Å²) in [7, 11) is 0. The largest absolute Gasteiger partial charge is 0.508 e. The lowest BCUT2D eigenvalue weighted by Gasteiger charge is -2.43. The molecular formula is C22H26IN7O6. The first-order valence-corrected chi connectivity index (χ1v) is 12.5. The van der Waals surface area contributed by atoms with Crippen molar-refractivity contribution in [2.75, 3.05) is 17.6 Å². The molecule has 14 heteroatoms. The molecule has 36 heavy (non-hydrogen) atoms. The predicted octanol–water partition coefficient (Wildman–Crippen LogP) is -0.676. The highest BCUT2D eigenvalue weighted by molar-refractivity contribution is 14.1. The molecule has 13 nitrogen and oxygen atoms in total. The van der Waals surface area contributed by atoms with Gasteiger partial charge >= 0.3 is 0 Å². The summed E-state index contributed by atoms with van der Waals surface area (Å²) in [6.45, 7) is 1.55. The van der Waals surface area contributed by atoms with Crippen molar-refractivity contribution < 1.29 is 30.0 Å². The van der Waals surface area contributed by atoms with E-state index in [-0.39, 0.29) is 46.7 Å². The number of aliphatic imine (C=N–C) groups is 2. The molecule has 0 saturated heterocycles. The minimum Gasteiger partial charge on any atom is -0.508 e. The first-order chi connectivity index (χ1) is 17.1. The Hall–Kier alpha value is -3.13. The number of allylic oxidation sites excluding steroid dienone is 1. The van der Waals surface area contributed by atoms with E-state index in [1.807, 2.05) is 28.7 Å². The SMILES string of the molecule is CC1(O)CC(C#N)=CC(C(=O)NC/C=C/C2=C(O)C(O)[C@](CI)(N3C=NC4C(N)=NCNC43)O2)=C1O. The zero-order valence-corrected chi connectivity index (χ0v) is 21.4. The smallest absolute Gasteiger partial charge is 0.255 e. The molecule has 4 rings (SSSR count). The predicted molar refractivity (Wildman–Crippen MR) is 137 cm³/mol. The van der Waals surface area contributed by atoms with Crippen molar-refractivity contribution in [2.24, 2.45) is 15.7 Å². The third-order valence-corrected chi connectivity index (χ3v) is 7.42. The lowest BCUT2D eigenvalue weighted by molar-refractivity contribution is -0.126. The summed E-state index contributed by atoms with van der Waals surface area (Å²) in [5, 5.41) is 56.9. The molecule has 192 valence electrons. The zero-order valence-electron chi connectivity index (χ0n) is 19.2. The van der Waals surface area contributed by atoms with Crippen molar-refractivity contribution in [1.29, 1.82) is 5.26 Å². The number of rotatable bonds is 6. The Bertz CT molecular complexity index is 1180. The highest BCUT2D eigenvalue weighted by Crippen LogP contribution is 2.40. The van der Waals surface area contributed by atoms with Crippen LogP contribution in [0.2, 0.25) is 0 Å². The number of nitriles is 1. The number of nitrogens with zero attached hydrogens (tertiary/aromatic N) is 4. The zero-order chi connectivity index (χ0) is 26.3. The van der Waals surface area contributed by atoms with Gasteiger partial charge in [-0.2, -0.15) is 5.26 Å². The Kier molecular flexibility index (Phi) is 7.01. The van der Waals surface area contributed by atoms with E-state index in [9.17, 15) is 25.2 Å². The van der Waals surface area contributed by atoms with Crippen LogP contribution in [0.25, 0.3) is 0 Å². The highest BCUT2D eigenvalue weighted by atomic mass is 127. The van der Waals surface area contributed by atoms with Crippen LogP contribution in [-0.4, -0.2) is 90.7 Å². The van der Waals surface area contributed by atoms with Crippen LogP contribution >= 0.6 is 22.6 Å². The van der Waals surface area contributed by atoms with Gasteiger partial charge in [-0.1, -0.05) is 28.7 Å². The molecule has 0 radical (unpaired) electrons. The van der Waals surface area contributed by atoms with E-state index in [1.165, 1.54) is 31.5 Å². The van der Waals surface area contributed by atoms with Gasteiger partial charge in [0, 0.05) is 18.5 Å². The Balaban J connectivity index is 1.44. The van der Waals surface area contributed by atoms with Gasteiger partial charge in [0.1, 0.15) is 29.4 Å². The molecule has 5 atom stereocenters. The Labute approximate surface area is 220 Å². The van der Waals surface area contributed by atoms with Crippen LogP contribution in [0.5, 0.6) is 0 Å². The topological polar surface area (TPSA) is 209 Å². The molecule has 3 heterocycles. The average Bonchev–Trinajstić information content (AvgIpc) is 3.39. The molecule has 4 aliphatic rings. The van der Waals surface area contributed by atoms with Gasteiger partial charge < -0.3 is 41.1 Å². The number of carbonyl (C=O) groups excluding carboxylic acids is 1. The summed E-state index contributed by atoms with van der Waals surface area (Å²) in [6.07, 6.45) is 3.73. The average molecular weight is 611 g/mol. The van der Waals surface area contributed by atoms with Gasteiger partial charge in [-0.25, -0.2) is 0 Å². The summed E-state index contributed by atoms with van der Waals surface area (Å²) < 4.78 is 6.31. The number of carbonyl (C=O) groups is 1. The maximum absolute atomic E-state index is 12.5. The summed E-state index contributed by atoms with van der Waals surface area (Å²) in [4.78, 5) is 22.7. The van der Waals surface area contributed by atoms with Crippen molar-refractivity contribution in [3.8, 4) is 6.07 Å². The molecule has 0 spiro atoms. The molecule has 0 aromatic rings. The number of halogens is 1. The summed E-state index contributed by atoms with van der Waals surface area (Å²) in [5.41, 5.74) is 2.83. The first-order valence-electron chi connectivity index (χ1n) is 11.0. The van der Waals surface area contributed by atoms with Crippen LogP contribution in [0.4, 0.5) is 0 Å². The Morgan fingerprint density at radius 3 is 2.97 bits per heavy atom. The molecule has 4 unspecified atom stereocenters. The second-order valence-corrected chi connectivity index (χ2v) is 9.61. The summed E-state index contributed by atoms with van der Waals surface area (Å²) in [5.74, 6) is -1.23. The van der Waals surface area contributed by atoms with Gasteiger partial charge in [0.15, 0.2) is 17.6 Å². The van der Waals surface area contributed by atoms with Crippen LogP contribution in [0, 0.1) is 11.3 Å². The van der Waals surface area contributed by atoms with Crippen LogP contribution in [0.1, 0.15) is 13.3 Å². The minimum atomic E-state index is -1.73. The molecule has 1 amide bonds. The number of amidine groups is 1. The Morgan fingerprint density at radius 2 is 2.28 bits per heavy atom. The highest BCUT2D eigenvalue weighted by Gasteiger charge is 2.57. The van der Waals surface area contributed by atoms with Gasteiger partial charge in [0.25, 0.3) is 5.91 Å². The quantitative estimate of drug-likeness (QED) is 0.149. The van der Waals surface area contributed by atoms with E-state index in [1.54, 1.807) is 4.90 Å². The van der Waals surface area contributed by atoms with Crippen LogP contribution in [0.15, 0.2) is 56.6 Å². The standard InChI is InChI=1S/C22H26IN7O6/c1-21(35)6-11(7-24)5-12(16(21)32)20(34)26-4-2-3-13-15(31)17(33)22(8-23,36-13)30-10-29-14-18(25)27-9-28-19(14)30/h2-3,5,10,14,17,19,28,31-33,35H,4,6,8-9H2,1H3,(H2,25,27)(H,26,34)/b3-2+/t14?,17?,19?,21?,22-/m1/s1. The molecule has 0 saturated carbocycles. The van der Waals surface area contributed by atoms with Gasteiger partial charge in [-0.3, -0.25) is 20.1 Å². The van der Waals surface area contributed by atoms with Crippen LogP contribution in [-0.2, 0) is 9.53 Å². The molecule has 0 bridgehead atoms.